The smallest absolute Gasteiger partial charge is 0.279 e. The zero-order chi connectivity index (χ0) is 13.8. The first-order valence-corrected chi connectivity index (χ1v) is 8.01. The number of rotatable bonds is 6. The summed E-state index contributed by atoms with van der Waals surface area (Å²) in [4.78, 5) is 2.19. The SMILES string of the molecule is CCN(CC)S(=O)(=O)NC1(CN)CCN(C)CC1. The zero-order valence-electron chi connectivity index (χ0n) is 11.6. The molecule has 7 heteroatoms. The molecule has 0 atom stereocenters. The maximum Gasteiger partial charge on any atom is 0.279 e. The van der Waals surface area contributed by atoms with Gasteiger partial charge in [0.2, 0.25) is 0 Å². The summed E-state index contributed by atoms with van der Waals surface area (Å²) in [7, 11) is -1.38. The summed E-state index contributed by atoms with van der Waals surface area (Å²) >= 11 is 0. The van der Waals surface area contributed by atoms with E-state index < -0.39 is 15.7 Å². The predicted molar refractivity (Wildman–Crippen MR) is 73.5 cm³/mol. The summed E-state index contributed by atoms with van der Waals surface area (Å²) in [5.41, 5.74) is 5.33. The van der Waals surface area contributed by atoms with Crippen molar-refractivity contribution in [1.82, 2.24) is 13.9 Å². The van der Waals surface area contributed by atoms with Gasteiger partial charge in [0.1, 0.15) is 0 Å². The van der Waals surface area contributed by atoms with Crippen molar-refractivity contribution in [1.29, 1.82) is 0 Å². The van der Waals surface area contributed by atoms with Crippen LogP contribution in [0, 0.1) is 0 Å². The molecule has 0 aliphatic carbocycles. The lowest BCUT2D eigenvalue weighted by molar-refractivity contribution is 0.179. The predicted octanol–water partition coefficient (Wildman–Crippen LogP) is -0.414. The van der Waals surface area contributed by atoms with E-state index >= 15 is 0 Å². The van der Waals surface area contributed by atoms with Gasteiger partial charge in [-0.15, -0.1) is 0 Å². The van der Waals surface area contributed by atoms with Crippen LogP contribution in [0.3, 0.4) is 0 Å². The van der Waals surface area contributed by atoms with Crippen molar-refractivity contribution in [3.63, 3.8) is 0 Å². The first-order chi connectivity index (χ1) is 8.39. The quantitative estimate of drug-likeness (QED) is 0.692. The monoisotopic (exact) mass is 278 g/mol. The number of nitrogens with zero attached hydrogens (tertiary/aromatic N) is 2. The second-order valence-corrected chi connectivity index (χ2v) is 6.65. The molecule has 1 heterocycles. The highest BCUT2D eigenvalue weighted by Crippen LogP contribution is 2.22. The summed E-state index contributed by atoms with van der Waals surface area (Å²) in [5, 5.41) is 0. The Hall–Kier alpha value is -0.210. The summed E-state index contributed by atoms with van der Waals surface area (Å²) in [5.74, 6) is 0. The Labute approximate surface area is 111 Å². The van der Waals surface area contributed by atoms with Crippen molar-refractivity contribution in [2.45, 2.75) is 32.2 Å². The third kappa shape index (κ3) is 3.64. The molecule has 3 N–H and O–H groups in total. The standard InChI is InChI=1S/C11H26N4O2S/c1-4-15(5-2)18(16,17)13-11(10-12)6-8-14(3)9-7-11/h13H,4-10,12H2,1-3H3. The molecule has 0 unspecified atom stereocenters. The van der Waals surface area contributed by atoms with Crippen molar-refractivity contribution < 1.29 is 8.42 Å². The normalized spacial score (nSPS) is 21.4. The van der Waals surface area contributed by atoms with Crippen molar-refractivity contribution in [3.05, 3.63) is 0 Å². The Morgan fingerprint density at radius 2 is 1.78 bits per heavy atom. The Balaban J connectivity index is 2.79. The first kappa shape index (κ1) is 15.8. The fourth-order valence-electron chi connectivity index (χ4n) is 2.30. The van der Waals surface area contributed by atoms with Crippen LogP contribution in [0.5, 0.6) is 0 Å². The van der Waals surface area contributed by atoms with E-state index in [2.05, 4.69) is 9.62 Å². The fraction of sp³-hybridized carbons (Fsp3) is 1.00. The average Bonchev–Trinajstić information content (AvgIpc) is 2.33. The highest BCUT2D eigenvalue weighted by atomic mass is 32.2. The van der Waals surface area contributed by atoms with Crippen molar-refractivity contribution in [2.24, 2.45) is 5.73 Å². The maximum absolute atomic E-state index is 12.3. The highest BCUT2D eigenvalue weighted by molar-refractivity contribution is 7.87. The van der Waals surface area contributed by atoms with E-state index in [1.807, 2.05) is 20.9 Å². The van der Waals surface area contributed by atoms with E-state index in [1.54, 1.807) is 0 Å². The van der Waals surface area contributed by atoms with Crippen LogP contribution >= 0.6 is 0 Å². The first-order valence-electron chi connectivity index (χ1n) is 6.57. The lowest BCUT2D eigenvalue weighted by atomic mass is 9.89. The van der Waals surface area contributed by atoms with Crippen LogP contribution in [0.4, 0.5) is 0 Å². The second-order valence-electron chi connectivity index (χ2n) is 4.98. The number of nitrogens with two attached hydrogens (primary N) is 1. The number of likely N-dealkylation sites (tertiary alicyclic amines) is 1. The molecule has 0 aromatic heterocycles. The molecule has 6 nitrogen and oxygen atoms in total. The number of hydrogen-bond acceptors (Lipinski definition) is 4. The topological polar surface area (TPSA) is 78.7 Å². The van der Waals surface area contributed by atoms with Gasteiger partial charge in [-0.25, -0.2) is 0 Å². The Bertz CT molecular complexity index is 346. The van der Waals surface area contributed by atoms with E-state index in [-0.39, 0.29) is 0 Å². The summed E-state index contributed by atoms with van der Waals surface area (Å²) in [6.45, 7) is 6.73. The van der Waals surface area contributed by atoms with E-state index in [9.17, 15) is 8.42 Å². The Morgan fingerprint density at radius 1 is 1.28 bits per heavy atom. The molecule has 0 saturated carbocycles. The van der Waals surface area contributed by atoms with Gasteiger partial charge in [-0.3, -0.25) is 0 Å². The van der Waals surface area contributed by atoms with Gasteiger partial charge in [0.25, 0.3) is 10.2 Å². The molecular formula is C11H26N4O2S. The zero-order valence-corrected chi connectivity index (χ0v) is 12.5. The largest absolute Gasteiger partial charge is 0.329 e. The van der Waals surface area contributed by atoms with Crippen molar-refractivity contribution >= 4 is 10.2 Å². The van der Waals surface area contributed by atoms with Crippen LogP contribution in [-0.4, -0.2) is 62.9 Å². The number of piperidine rings is 1. The van der Waals surface area contributed by atoms with Crippen LogP contribution in [-0.2, 0) is 10.2 Å². The molecule has 1 rings (SSSR count). The van der Waals surface area contributed by atoms with Gasteiger partial charge in [0, 0.05) is 25.2 Å². The molecule has 108 valence electrons. The van der Waals surface area contributed by atoms with Gasteiger partial charge in [-0.05, 0) is 33.0 Å². The lowest BCUT2D eigenvalue weighted by Gasteiger charge is -2.41. The molecule has 1 aliphatic heterocycles. The fourth-order valence-corrected chi connectivity index (χ4v) is 3.94. The van der Waals surface area contributed by atoms with Crippen LogP contribution in [0.2, 0.25) is 0 Å². The minimum absolute atomic E-state index is 0.349. The van der Waals surface area contributed by atoms with E-state index in [0.29, 0.717) is 19.6 Å². The average molecular weight is 278 g/mol. The molecule has 1 saturated heterocycles. The summed E-state index contributed by atoms with van der Waals surface area (Å²) in [6, 6.07) is 0. The number of nitrogens with one attached hydrogen (secondary N) is 1. The molecule has 1 aliphatic rings. The molecule has 0 bridgehead atoms. The van der Waals surface area contributed by atoms with Gasteiger partial charge in [0.15, 0.2) is 0 Å². The molecule has 18 heavy (non-hydrogen) atoms. The minimum Gasteiger partial charge on any atom is -0.329 e. The third-order valence-corrected chi connectivity index (χ3v) is 5.61. The summed E-state index contributed by atoms with van der Waals surface area (Å²) < 4.78 is 28.8. The van der Waals surface area contributed by atoms with Gasteiger partial charge in [-0.1, -0.05) is 13.8 Å². The van der Waals surface area contributed by atoms with Gasteiger partial charge < -0.3 is 10.6 Å². The van der Waals surface area contributed by atoms with E-state index in [4.69, 9.17) is 5.73 Å². The highest BCUT2D eigenvalue weighted by Gasteiger charge is 2.37. The minimum atomic E-state index is -3.43. The summed E-state index contributed by atoms with van der Waals surface area (Å²) in [6.07, 6.45) is 1.53. The second kappa shape index (κ2) is 6.29. The van der Waals surface area contributed by atoms with Gasteiger partial charge >= 0.3 is 0 Å². The Kier molecular flexibility index (Phi) is 5.54. The molecule has 0 aromatic rings. The molecule has 1 fully saturated rings. The molecule has 0 amide bonds. The van der Waals surface area contributed by atoms with Crippen LogP contribution in [0.25, 0.3) is 0 Å². The van der Waals surface area contributed by atoms with Gasteiger partial charge in [-0.2, -0.15) is 17.4 Å². The van der Waals surface area contributed by atoms with E-state index in [0.717, 1.165) is 25.9 Å². The van der Waals surface area contributed by atoms with E-state index in [1.165, 1.54) is 4.31 Å². The maximum atomic E-state index is 12.3. The van der Waals surface area contributed by atoms with Crippen LogP contribution < -0.4 is 10.5 Å². The van der Waals surface area contributed by atoms with Gasteiger partial charge in [0.05, 0.1) is 0 Å². The van der Waals surface area contributed by atoms with Crippen LogP contribution in [0.1, 0.15) is 26.7 Å². The lowest BCUT2D eigenvalue weighted by Crippen LogP contribution is -2.61. The number of hydrogen-bond donors (Lipinski definition) is 2. The Morgan fingerprint density at radius 3 is 2.17 bits per heavy atom. The van der Waals surface area contributed by atoms with Crippen LogP contribution in [0.15, 0.2) is 0 Å². The molecular weight excluding hydrogens is 252 g/mol. The molecule has 0 aromatic carbocycles. The van der Waals surface area contributed by atoms with Crippen molar-refractivity contribution in [3.8, 4) is 0 Å². The van der Waals surface area contributed by atoms with Crippen molar-refractivity contribution in [2.75, 3.05) is 39.8 Å². The molecule has 0 spiro atoms. The third-order valence-electron chi connectivity index (χ3n) is 3.73. The molecule has 0 radical (unpaired) electrons.